The van der Waals surface area contributed by atoms with Gasteiger partial charge in [-0.25, -0.2) is 0 Å². The number of amides is 1. The number of nitrogens with two attached hydrogens (primary N) is 1. The van der Waals surface area contributed by atoms with Gasteiger partial charge in [-0.15, -0.1) is 0 Å². The molecule has 2 atom stereocenters. The Morgan fingerprint density at radius 1 is 1.17 bits per heavy atom. The molecule has 6 heteroatoms. The second-order valence-corrected chi connectivity index (χ2v) is 5.71. The largest absolute Gasteiger partial charge is 0.435 e. The van der Waals surface area contributed by atoms with E-state index in [-0.39, 0.29) is 11.7 Å². The first kappa shape index (κ1) is 17.9. The van der Waals surface area contributed by atoms with Gasteiger partial charge in [0.2, 0.25) is 5.91 Å². The number of carbonyl (C=O) groups excluding carboxylic acids is 1. The third-order valence-electron chi connectivity index (χ3n) is 3.78. The first-order valence-corrected chi connectivity index (χ1v) is 7.51. The van der Waals surface area contributed by atoms with Crippen LogP contribution in [-0.2, 0) is 10.3 Å². The average Bonchev–Trinajstić information content (AvgIpc) is 2.55. The summed E-state index contributed by atoms with van der Waals surface area (Å²) in [6.07, 6.45) is 0. The number of hydrogen-bond donors (Lipinski definition) is 2. The van der Waals surface area contributed by atoms with E-state index in [4.69, 9.17) is 5.73 Å². The highest BCUT2D eigenvalue weighted by Gasteiger charge is 2.31. The van der Waals surface area contributed by atoms with Crippen LogP contribution in [-0.4, -0.2) is 12.5 Å². The molecule has 1 amide bonds. The van der Waals surface area contributed by atoms with E-state index >= 15 is 0 Å². The number of alkyl halides is 2. The molecular weight excluding hydrogens is 314 g/mol. The Kier molecular flexibility index (Phi) is 5.51. The summed E-state index contributed by atoms with van der Waals surface area (Å²) < 4.78 is 29.0. The van der Waals surface area contributed by atoms with Crippen molar-refractivity contribution in [2.75, 3.05) is 0 Å². The maximum atomic E-state index is 12.5. The second kappa shape index (κ2) is 7.40. The van der Waals surface area contributed by atoms with Crippen LogP contribution in [0.4, 0.5) is 8.78 Å². The van der Waals surface area contributed by atoms with Crippen LogP contribution < -0.4 is 15.8 Å². The van der Waals surface area contributed by atoms with Crippen molar-refractivity contribution in [2.45, 2.75) is 32.0 Å². The smallest absolute Gasteiger partial charge is 0.387 e. The quantitative estimate of drug-likeness (QED) is 0.851. The summed E-state index contributed by atoms with van der Waals surface area (Å²) in [4.78, 5) is 12.5. The monoisotopic (exact) mass is 334 g/mol. The van der Waals surface area contributed by atoms with E-state index in [1.807, 2.05) is 18.2 Å². The average molecular weight is 334 g/mol. The zero-order chi connectivity index (χ0) is 17.7. The second-order valence-electron chi connectivity index (χ2n) is 5.71. The molecule has 0 saturated heterocycles. The summed E-state index contributed by atoms with van der Waals surface area (Å²) >= 11 is 0. The molecule has 0 aliphatic heterocycles. The summed E-state index contributed by atoms with van der Waals surface area (Å²) in [6, 6.07) is 14.8. The van der Waals surface area contributed by atoms with Crippen molar-refractivity contribution in [1.82, 2.24) is 5.32 Å². The van der Waals surface area contributed by atoms with Gasteiger partial charge in [-0.05, 0) is 37.1 Å². The Balaban J connectivity index is 2.11. The van der Waals surface area contributed by atoms with E-state index in [2.05, 4.69) is 10.1 Å². The van der Waals surface area contributed by atoms with Crippen LogP contribution in [0.25, 0.3) is 0 Å². The fourth-order valence-corrected chi connectivity index (χ4v) is 2.31. The zero-order valence-corrected chi connectivity index (χ0v) is 13.5. The van der Waals surface area contributed by atoms with Crippen LogP contribution in [0.2, 0.25) is 0 Å². The molecule has 2 aromatic carbocycles. The van der Waals surface area contributed by atoms with Crippen molar-refractivity contribution in [1.29, 1.82) is 0 Å². The molecule has 0 spiro atoms. The van der Waals surface area contributed by atoms with Gasteiger partial charge in [-0.1, -0.05) is 42.5 Å². The number of halogens is 2. The van der Waals surface area contributed by atoms with Crippen LogP contribution >= 0.6 is 0 Å². The SMILES string of the molecule is CC(NC(=O)C(C)(N)c1ccccc1)c1cccc(OC(F)F)c1. The highest BCUT2D eigenvalue weighted by atomic mass is 19.3. The molecule has 0 saturated carbocycles. The number of ether oxygens (including phenoxy) is 1. The van der Waals surface area contributed by atoms with Crippen molar-refractivity contribution in [3.8, 4) is 5.75 Å². The maximum Gasteiger partial charge on any atom is 0.387 e. The Hall–Kier alpha value is -2.47. The number of carbonyl (C=O) groups is 1. The standard InChI is InChI=1S/C18H20F2N2O2/c1-12(13-7-6-10-15(11-13)24-17(19)20)22-16(23)18(2,21)14-8-4-3-5-9-14/h3-12,17H,21H2,1-2H3,(H,22,23). The fraction of sp³-hybridized carbons (Fsp3) is 0.278. The van der Waals surface area contributed by atoms with Gasteiger partial charge in [-0.2, -0.15) is 8.78 Å². The fourth-order valence-electron chi connectivity index (χ4n) is 2.31. The van der Waals surface area contributed by atoms with E-state index in [9.17, 15) is 13.6 Å². The minimum absolute atomic E-state index is 0.0437. The first-order valence-electron chi connectivity index (χ1n) is 7.51. The van der Waals surface area contributed by atoms with Gasteiger partial charge >= 0.3 is 6.61 Å². The third kappa shape index (κ3) is 4.29. The van der Waals surface area contributed by atoms with Crippen molar-refractivity contribution in [3.63, 3.8) is 0 Å². The predicted molar refractivity (Wildman–Crippen MR) is 87.6 cm³/mol. The van der Waals surface area contributed by atoms with E-state index in [1.165, 1.54) is 12.1 Å². The van der Waals surface area contributed by atoms with Crippen molar-refractivity contribution >= 4 is 5.91 Å². The summed E-state index contributed by atoms with van der Waals surface area (Å²) in [5, 5.41) is 2.81. The molecule has 3 N–H and O–H groups in total. The Bertz CT molecular complexity index is 690. The van der Waals surface area contributed by atoms with Gasteiger partial charge in [-0.3, -0.25) is 4.79 Å². The minimum atomic E-state index is -2.89. The molecule has 128 valence electrons. The van der Waals surface area contributed by atoms with Crippen molar-refractivity contribution in [3.05, 3.63) is 65.7 Å². The first-order chi connectivity index (χ1) is 11.3. The van der Waals surface area contributed by atoms with Gasteiger partial charge in [0.1, 0.15) is 11.3 Å². The van der Waals surface area contributed by atoms with Crippen LogP contribution in [0, 0.1) is 0 Å². The van der Waals surface area contributed by atoms with Gasteiger partial charge in [0.25, 0.3) is 0 Å². The zero-order valence-electron chi connectivity index (χ0n) is 13.5. The highest BCUT2D eigenvalue weighted by molar-refractivity contribution is 5.87. The van der Waals surface area contributed by atoms with Crippen LogP contribution in [0.15, 0.2) is 54.6 Å². The summed E-state index contributed by atoms with van der Waals surface area (Å²) in [6.45, 7) is 0.483. The third-order valence-corrected chi connectivity index (χ3v) is 3.78. The molecule has 2 rings (SSSR count). The lowest BCUT2D eigenvalue weighted by Gasteiger charge is -2.26. The number of nitrogens with one attached hydrogen (secondary N) is 1. The molecule has 0 radical (unpaired) electrons. The van der Waals surface area contributed by atoms with Gasteiger partial charge < -0.3 is 15.8 Å². The lowest BCUT2D eigenvalue weighted by molar-refractivity contribution is -0.126. The molecule has 0 aliphatic rings. The molecule has 0 heterocycles. The summed E-state index contributed by atoms with van der Waals surface area (Å²) in [7, 11) is 0. The molecule has 0 aromatic heterocycles. The highest BCUT2D eigenvalue weighted by Crippen LogP contribution is 2.23. The maximum absolute atomic E-state index is 12.5. The van der Waals surface area contributed by atoms with Crippen molar-refractivity contribution in [2.24, 2.45) is 5.73 Å². The molecule has 2 aromatic rings. The van der Waals surface area contributed by atoms with Gasteiger partial charge in [0.05, 0.1) is 6.04 Å². The lowest BCUT2D eigenvalue weighted by atomic mass is 9.91. The summed E-state index contributed by atoms with van der Waals surface area (Å²) in [5.41, 5.74) is 6.29. The van der Waals surface area contributed by atoms with E-state index in [0.29, 0.717) is 11.1 Å². The Morgan fingerprint density at radius 2 is 1.83 bits per heavy atom. The summed E-state index contributed by atoms with van der Waals surface area (Å²) in [5.74, 6) is -0.316. The molecule has 0 bridgehead atoms. The number of benzene rings is 2. The van der Waals surface area contributed by atoms with Crippen LogP contribution in [0.5, 0.6) is 5.75 Å². The Morgan fingerprint density at radius 3 is 2.46 bits per heavy atom. The van der Waals surface area contributed by atoms with E-state index in [0.717, 1.165) is 0 Å². The molecule has 0 fully saturated rings. The molecular formula is C18H20F2N2O2. The van der Waals surface area contributed by atoms with Crippen LogP contribution in [0.3, 0.4) is 0 Å². The molecule has 2 unspecified atom stereocenters. The molecule has 0 aliphatic carbocycles. The topological polar surface area (TPSA) is 64.4 Å². The van der Waals surface area contributed by atoms with E-state index in [1.54, 1.807) is 38.1 Å². The molecule has 4 nitrogen and oxygen atoms in total. The molecule has 24 heavy (non-hydrogen) atoms. The minimum Gasteiger partial charge on any atom is -0.435 e. The lowest BCUT2D eigenvalue weighted by Crippen LogP contribution is -2.49. The van der Waals surface area contributed by atoms with Crippen molar-refractivity contribution < 1.29 is 18.3 Å². The predicted octanol–water partition coefficient (Wildman–Crippen LogP) is 3.34. The van der Waals surface area contributed by atoms with E-state index < -0.39 is 18.2 Å². The number of hydrogen-bond acceptors (Lipinski definition) is 3. The number of rotatable bonds is 6. The van der Waals surface area contributed by atoms with Crippen LogP contribution in [0.1, 0.15) is 31.0 Å². The van der Waals surface area contributed by atoms with Gasteiger partial charge in [0.15, 0.2) is 0 Å². The Labute approximate surface area is 139 Å². The van der Waals surface area contributed by atoms with Gasteiger partial charge in [0, 0.05) is 0 Å². The normalized spacial score (nSPS) is 14.8.